The zero-order chi connectivity index (χ0) is 18.6. The smallest absolute Gasteiger partial charge is 0.307 e. The van der Waals surface area contributed by atoms with Gasteiger partial charge in [0.2, 0.25) is 5.75 Å². The predicted octanol–water partition coefficient (Wildman–Crippen LogP) is 4.06. The molecule has 1 N–H and O–H groups in total. The molecule has 2 aromatic carbocycles. The molecule has 5 nitrogen and oxygen atoms in total. The van der Waals surface area contributed by atoms with Crippen LogP contribution in [-0.2, 0) is 11.2 Å². The molecule has 130 valence electrons. The van der Waals surface area contributed by atoms with Crippen LogP contribution in [-0.4, -0.2) is 18.2 Å². The summed E-state index contributed by atoms with van der Waals surface area (Å²) < 4.78 is 50.6. The first-order chi connectivity index (χ1) is 11.8. The molecule has 0 aliphatic carbocycles. The van der Waals surface area contributed by atoms with Crippen molar-refractivity contribution in [3.05, 3.63) is 52.8 Å². The number of nitrogens with zero attached hydrogens (tertiary/aromatic N) is 1. The van der Waals surface area contributed by atoms with E-state index in [0.29, 0.717) is 0 Å². The van der Waals surface area contributed by atoms with Gasteiger partial charge in [-0.3, -0.25) is 4.79 Å². The number of benzene rings is 2. The SMILES string of the molecule is COc1ccc(CC(=O)O)c(F)c1Oc1cc(C#N)cc(C(F)F)c1. The molecule has 0 bridgehead atoms. The lowest BCUT2D eigenvalue weighted by molar-refractivity contribution is -0.136. The lowest BCUT2D eigenvalue weighted by Crippen LogP contribution is -2.05. The molecule has 2 aromatic rings. The topological polar surface area (TPSA) is 79.6 Å². The zero-order valence-electron chi connectivity index (χ0n) is 12.9. The Bertz CT molecular complexity index is 847. The summed E-state index contributed by atoms with van der Waals surface area (Å²) in [6.07, 6.45) is -3.44. The van der Waals surface area contributed by atoms with Gasteiger partial charge in [-0.05, 0) is 24.3 Å². The van der Waals surface area contributed by atoms with Crippen LogP contribution in [0.3, 0.4) is 0 Å². The minimum atomic E-state index is -2.85. The minimum absolute atomic E-state index is 0.0485. The van der Waals surface area contributed by atoms with Gasteiger partial charge >= 0.3 is 5.97 Å². The Morgan fingerprint density at radius 3 is 2.60 bits per heavy atom. The van der Waals surface area contributed by atoms with E-state index in [1.807, 2.05) is 0 Å². The van der Waals surface area contributed by atoms with Gasteiger partial charge in [-0.25, -0.2) is 13.2 Å². The molecular weight excluding hydrogens is 339 g/mol. The highest BCUT2D eigenvalue weighted by molar-refractivity contribution is 5.71. The first-order valence-corrected chi connectivity index (χ1v) is 6.94. The molecule has 0 aromatic heterocycles. The van der Waals surface area contributed by atoms with Crippen LogP contribution in [0.5, 0.6) is 17.2 Å². The third-order valence-electron chi connectivity index (χ3n) is 3.23. The highest BCUT2D eigenvalue weighted by Crippen LogP contribution is 2.37. The van der Waals surface area contributed by atoms with Crippen molar-refractivity contribution in [3.63, 3.8) is 0 Å². The van der Waals surface area contributed by atoms with E-state index < -0.39 is 35.9 Å². The van der Waals surface area contributed by atoms with Gasteiger partial charge < -0.3 is 14.6 Å². The van der Waals surface area contributed by atoms with Crippen molar-refractivity contribution < 1.29 is 32.5 Å². The monoisotopic (exact) mass is 351 g/mol. The summed E-state index contributed by atoms with van der Waals surface area (Å²) in [4.78, 5) is 10.8. The van der Waals surface area contributed by atoms with Gasteiger partial charge in [-0.1, -0.05) is 6.07 Å². The molecule has 25 heavy (non-hydrogen) atoms. The number of alkyl halides is 2. The van der Waals surface area contributed by atoms with Gasteiger partial charge in [0, 0.05) is 11.1 Å². The Balaban J connectivity index is 2.50. The van der Waals surface area contributed by atoms with Crippen LogP contribution < -0.4 is 9.47 Å². The number of halogens is 3. The molecule has 0 spiro atoms. The third-order valence-corrected chi connectivity index (χ3v) is 3.23. The summed E-state index contributed by atoms with van der Waals surface area (Å²) >= 11 is 0. The number of nitriles is 1. The third kappa shape index (κ3) is 4.20. The van der Waals surface area contributed by atoms with Gasteiger partial charge in [-0.15, -0.1) is 0 Å². The molecule has 0 amide bonds. The average Bonchev–Trinajstić information content (AvgIpc) is 2.57. The molecule has 0 heterocycles. The maximum absolute atomic E-state index is 14.5. The Morgan fingerprint density at radius 1 is 1.32 bits per heavy atom. The summed E-state index contributed by atoms with van der Waals surface area (Å²) in [5, 5.41) is 17.7. The summed E-state index contributed by atoms with van der Waals surface area (Å²) in [6, 6.07) is 7.36. The average molecular weight is 351 g/mol. The molecule has 0 saturated carbocycles. The standard InChI is InChI=1S/C17H12F3NO4/c1-24-13-3-2-10(7-14(22)23)15(18)16(13)25-12-5-9(8-21)4-11(6-12)17(19)20/h2-6,17H,7H2,1H3,(H,22,23). The van der Waals surface area contributed by atoms with Crippen molar-refractivity contribution in [2.45, 2.75) is 12.8 Å². The van der Waals surface area contributed by atoms with Crippen LogP contribution in [0.4, 0.5) is 13.2 Å². The number of methoxy groups -OCH3 is 1. The fourth-order valence-corrected chi connectivity index (χ4v) is 2.12. The van der Waals surface area contributed by atoms with Crippen molar-refractivity contribution in [2.75, 3.05) is 7.11 Å². The second-order valence-electron chi connectivity index (χ2n) is 4.95. The Kier molecular flexibility index (Phi) is 5.49. The predicted molar refractivity (Wildman–Crippen MR) is 80.5 cm³/mol. The lowest BCUT2D eigenvalue weighted by Gasteiger charge is -2.14. The first kappa shape index (κ1) is 18.1. The molecule has 0 aliphatic rings. The Labute approximate surface area is 140 Å². The number of rotatable bonds is 6. The van der Waals surface area contributed by atoms with Crippen LogP contribution in [0, 0.1) is 17.1 Å². The van der Waals surface area contributed by atoms with E-state index in [0.717, 1.165) is 18.2 Å². The molecule has 0 saturated heterocycles. The van der Waals surface area contributed by atoms with E-state index in [4.69, 9.17) is 19.8 Å². The summed E-state index contributed by atoms with van der Waals surface area (Å²) in [5.41, 5.74) is -0.710. The summed E-state index contributed by atoms with van der Waals surface area (Å²) in [7, 11) is 1.24. The number of hydrogen-bond donors (Lipinski definition) is 1. The summed E-state index contributed by atoms with van der Waals surface area (Å²) in [6.45, 7) is 0. The number of hydrogen-bond acceptors (Lipinski definition) is 4. The molecule has 0 atom stereocenters. The van der Waals surface area contributed by atoms with Crippen LogP contribution >= 0.6 is 0 Å². The van der Waals surface area contributed by atoms with Gasteiger partial charge in [-0.2, -0.15) is 5.26 Å². The maximum Gasteiger partial charge on any atom is 0.307 e. The van der Waals surface area contributed by atoms with Gasteiger partial charge in [0.1, 0.15) is 5.75 Å². The zero-order valence-corrected chi connectivity index (χ0v) is 12.9. The van der Waals surface area contributed by atoms with Crippen molar-refractivity contribution in [1.82, 2.24) is 0 Å². The first-order valence-electron chi connectivity index (χ1n) is 6.94. The number of ether oxygens (including phenoxy) is 2. The number of carboxylic acids is 1. The van der Waals surface area contributed by atoms with Crippen LogP contribution in [0.2, 0.25) is 0 Å². The second kappa shape index (κ2) is 7.57. The highest BCUT2D eigenvalue weighted by Gasteiger charge is 2.19. The fraction of sp³-hybridized carbons (Fsp3) is 0.176. The number of aliphatic carboxylic acids is 1. The van der Waals surface area contributed by atoms with Crippen LogP contribution in [0.15, 0.2) is 30.3 Å². The maximum atomic E-state index is 14.5. The molecule has 0 aliphatic heterocycles. The van der Waals surface area contributed by atoms with E-state index in [2.05, 4.69) is 0 Å². The highest BCUT2D eigenvalue weighted by atomic mass is 19.3. The quantitative estimate of drug-likeness (QED) is 0.849. The Morgan fingerprint density at radius 2 is 2.04 bits per heavy atom. The fourth-order valence-electron chi connectivity index (χ4n) is 2.12. The largest absolute Gasteiger partial charge is 0.493 e. The molecule has 2 rings (SSSR count). The molecule has 0 radical (unpaired) electrons. The lowest BCUT2D eigenvalue weighted by atomic mass is 10.1. The number of carbonyl (C=O) groups is 1. The van der Waals surface area contributed by atoms with Crippen molar-refractivity contribution in [2.24, 2.45) is 0 Å². The van der Waals surface area contributed by atoms with E-state index in [1.165, 1.54) is 19.2 Å². The van der Waals surface area contributed by atoms with Crippen LogP contribution in [0.1, 0.15) is 23.1 Å². The van der Waals surface area contributed by atoms with Crippen molar-refractivity contribution in [3.8, 4) is 23.3 Å². The van der Waals surface area contributed by atoms with E-state index in [9.17, 15) is 18.0 Å². The summed E-state index contributed by atoms with van der Waals surface area (Å²) in [5.74, 6) is -2.92. The van der Waals surface area contributed by atoms with E-state index in [1.54, 1.807) is 6.07 Å². The second-order valence-corrected chi connectivity index (χ2v) is 4.95. The van der Waals surface area contributed by atoms with E-state index >= 15 is 0 Å². The van der Waals surface area contributed by atoms with Crippen molar-refractivity contribution in [1.29, 1.82) is 5.26 Å². The van der Waals surface area contributed by atoms with Crippen molar-refractivity contribution >= 4 is 5.97 Å². The van der Waals surface area contributed by atoms with Gasteiger partial charge in [0.05, 0.1) is 25.2 Å². The normalized spacial score (nSPS) is 10.4. The number of carboxylic acid groups (broad SMARTS) is 1. The van der Waals surface area contributed by atoms with E-state index in [-0.39, 0.29) is 22.6 Å². The minimum Gasteiger partial charge on any atom is -0.493 e. The Hall–Kier alpha value is -3.21. The molecule has 0 fully saturated rings. The van der Waals surface area contributed by atoms with Gasteiger partial charge in [0.25, 0.3) is 6.43 Å². The van der Waals surface area contributed by atoms with Gasteiger partial charge in [0.15, 0.2) is 11.6 Å². The van der Waals surface area contributed by atoms with Crippen LogP contribution in [0.25, 0.3) is 0 Å². The molecule has 0 unspecified atom stereocenters. The molecular formula is C17H12F3NO4. The molecule has 8 heteroatoms.